The molecule has 0 saturated carbocycles. The van der Waals surface area contributed by atoms with Crippen molar-refractivity contribution in [2.75, 3.05) is 11.1 Å². The van der Waals surface area contributed by atoms with Crippen LogP contribution in [0.5, 0.6) is 11.6 Å². The molecule has 0 aliphatic carbocycles. The van der Waals surface area contributed by atoms with E-state index < -0.39 is 5.91 Å². The number of nitriles is 1. The quantitative estimate of drug-likeness (QED) is 0.319. The first-order valence-electron chi connectivity index (χ1n) is 9.99. The van der Waals surface area contributed by atoms with Crippen molar-refractivity contribution in [2.45, 2.75) is 6.54 Å². The maximum Gasteiger partial charge on any atom is 0.265 e. The van der Waals surface area contributed by atoms with E-state index >= 15 is 0 Å². The minimum Gasteiger partial charge on any atom is -0.438 e. The number of aromatic nitrogens is 4. The van der Waals surface area contributed by atoms with Crippen LogP contribution in [0.1, 0.15) is 5.56 Å². The van der Waals surface area contributed by atoms with Crippen LogP contribution in [0.25, 0.3) is 11.1 Å². The molecule has 0 aliphatic heterocycles. The molecule has 3 N–H and O–H groups in total. The lowest BCUT2D eigenvalue weighted by Gasteiger charge is -2.11. The van der Waals surface area contributed by atoms with E-state index in [1.54, 1.807) is 59.5 Å². The fourth-order valence-electron chi connectivity index (χ4n) is 3.14. The van der Waals surface area contributed by atoms with E-state index in [1.165, 1.54) is 18.5 Å². The summed E-state index contributed by atoms with van der Waals surface area (Å²) in [6.45, 7) is 3.74. The summed E-state index contributed by atoms with van der Waals surface area (Å²) in [5.41, 5.74) is 8.10. The van der Waals surface area contributed by atoms with Crippen molar-refractivity contribution in [3.8, 4) is 28.8 Å². The smallest absolute Gasteiger partial charge is 0.265 e. The highest BCUT2D eigenvalue weighted by atomic mass is 19.1. The van der Waals surface area contributed by atoms with E-state index in [2.05, 4.69) is 27.0 Å². The Morgan fingerprint density at radius 1 is 1.24 bits per heavy atom. The zero-order valence-corrected chi connectivity index (χ0v) is 17.8. The van der Waals surface area contributed by atoms with E-state index in [4.69, 9.17) is 15.7 Å². The molecule has 0 fully saturated rings. The number of anilines is 2. The lowest BCUT2D eigenvalue weighted by molar-refractivity contribution is -0.112. The SMILES string of the molecule is C=C(C#N)C(=O)Nc1cccc(Oc2ncnc(N)c2-c2cnn(Cc3cccc(F)c3)c2)c1. The molecule has 0 spiro atoms. The summed E-state index contributed by atoms with van der Waals surface area (Å²) >= 11 is 0. The molecule has 2 heterocycles. The number of nitrogens with two attached hydrogens (primary N) is 1. The van der Waals surface area contributed by atoms with Crippen LogP contribution in [0, 0.1) is 17.1 Å². The van der Waals surface area contributed by atoms with Gasteiger partial charge in [0.1, 0.15) is 35.4 Å². The highest BCUT2D eigenvalue weighted by Crippen LogP contribution is 2.35. The van der Waals surface area contributed by atoms with Crippen LogP contribution in [-0.4, -0.2) is 25.7 Å². The number of nitrogens with one attached hydrogen (secondary N) is 1. The lowest BCUT2D eigenvalue weighted by atomic mass is 10.1. The summed E-state index contributed by atoms with van der Waals surface area (Å²) in [6, 6.07) is 14.5. The Hall–Kier alpha value is -5.04. The number of benzene rings is 2. The van der Waals surface area contributed by atoms with Crippen molar-refractivity contribution in [3.05, 3.63) is 90.8 Å². The highest BCUT2D eigenvalue weighted by molar-refractivity contribution is 6.06. The first kappa shape index (κ1) is 22.2. The summed E-state index contributed by atoms with van der Waals surface area (Å²) in [6.07, 6.45) is 4.59. The van der Waals surface area contributed by atoms with Crippen molar-refractivity contribution in [3.63, 3.8) is 0 Å². The van der Waals surface area contributed by atoms with Crippen LogP contribution in [0.4, 0.5) is 15.9 Å². The predicted octanol–water partition coefficient (Wildman–Crippen LogP) is 3.92. The van der Waals surface area contributed by atoms with Crippen LogP contribution in [0.15, 0.2) is 79.4 Å². The van der Waals surface area contributed by atoms with Gasteiger partial charge < -0.3 is 15.8 Å². The fourth-order valence-corrected chi connectivity index (χ4v) is 3.14. The monoisotopic (exact) mass is 455 g/mol. The Bertz CT molecular complexity index is 1420. The lowest BCUT2D eigenvalue weighted by Crippen LogP contribution is -2.12. The number of halogens is 1. The van der Waals surface area contributed by atoms with Crippen molar-refractivity contribution >= 4 is 17.4 Å². The largest absolute Gasteiger partial charge is 0.438 e. The second-order valence-electron chi connectivity index (χ2n) is 7.17. The predicted molar refractivity (Wildman–Crippen MR) is 123 cm³/mol. The Morgan fingerprint density at radius 2 is 2.06 bits per heavy atom. The average molecular weight is 455 g/mol. The second-order valence-corrected chi connectivity index (χ2v) is 7.17. The van der Waals surface area contributed by atoms with Crippen molar-refractivity contribution in [1.29, 1.82) is 5.26 Å². The topological polar surface area (TPSA) is 132 Å². The Balaban J connectivity index is 1.58. The Labute approximate surface area is 194 Å². The van der Waals surface area contributed by atoms with Gasteiger partial charge in [-0.2, -0.15) is 10.4 Å². The average Bonchev–Trinajstić information content (AvgIpc) is 3.26. The summed E-state index contributed by atoms with van der Waals surface area (Å²) in [4.78, 5) is 20.2. The Morgan fingerprint density at radius 3 is 2.85 bits per heavy atom. The molecule has 0 radical (unpaired) electrons. The minimum absolute atomic E-state index is 0.183. The van der Waals surface area contributed by atoms with Gasteiger partial charge in [-0.3, -0.25) is 9.48 Å². The van der Waals surface area contributed by atoms with Crippen molar-refractivity contribution in [1.82, 2.24) is 19.7 Å². The van der Waals surface area contributed by atoms with Gasteiger partial charge in [0.05, 0.1) is 18.3 Å². The van der Waals surface area contributed by atoms with Gasteiger partial charge in [0.2, 0.25) is 5.88 Å². The first-order valence-corrected chi connectivity index (χ1v) is 9.99. The van der Waals surface area contributed by atoms with Gasteiger partial charge in [-0.15, -0.1) is 0 Å². The van der Waals surface area contributed by atoms with Crippen LogP contribution in [-0.2, 0) is 11.3 Å². The molecule has 0 bridgehead atoms. The van der Waals surface area contributed by atoms with Crippen molar-refractivity contribution < 1.29 is 13.9 Å². The molecule has 4 rings (SSSR count). The van der Waals surface area contributed by atoms with Gasteiger partial charge >= 0.3 is 0 Å². The molecule has 0 saturated heterocycles. The van der Waals surface area contributed by atoms with E-state index in [9.17, 15) is 9.18 Å². The zero-order valence-electron chi connectivity index (χ0n) is 17.8. The normalized spacial score (nSPS) is 10.4. The number of hydrogen-bond acceptors (Lipinski definition) is 7. The number of amides is 1. The molecule has 168 valence electrons. The van der Waals surface area contributed by atoms with Gasteiger partial charge in [0, 0.05) is 23.5 Å². The third-order valence-corrected chi connectivity index (χ3v) is 4.71. The summed E-state index contributed by atoms with van der Waals surface area (Å²) < 4.78 is 21.1. The second kappa shape index (κ2) is 9.62. The molecule has 34 heavy (non-hydrogen) atoms. The Kier molecular flexibility index (Phi) is 6.27. The highest BCUT2D eigenvalue weighted by Gasteiger charge is 2.17. The molecule has 10 heteroatoms. The molecule has 2 aromatic heterocycles. The van der Waals surface area contributed by atoms with E-state index in [1.807, 2.05) is 0 Å². The number of carbonyl (C=O) groups excluding carboxylic acids is 1. The van der Waals surface area contributed by atoms with Crippen LogP contribution >= 0.6 is 0 Å². The summed E-state index contributed by atoms with van der Waals surface area (Å²) in [5.74, 6) is -0.200. The van der Waals surface area contributed by atoms with Crippen LogP contribution in [0.2, 0.25) is 0 Å². The summed E-state index contributed by atoms with van der Waals surface area (Å²) in [5, 5.41) is 15.7. The zero-order chi connectivity index (χ0) is 24.1. The van der Waals surface area contributed by atoms with Gasteiger partial charge in [0.15, 0.2) is 0 Å². The number of carbonyl (C=O) groups is 1. The van der Waals surface area contributed by atoms with Gasteiger partial charge in [-0.1, -0.05) is 24.8 Å². The molecule has 9 nitrogen and oxygen atoms in total. The third kappa shape index (κ3) is 5.05. The van der Waals surface area contributed by atoms with Crippen molar-refractivity contribution in [2.24, 2.45) is 0 Å². The number of nitrogens with zero attached hydrogens (tertiary/aromatic N) is 5. The molecule has 2 aromatic carbocycles. The van der Waals surface area contributed by atoms with E-state index in [-0.39, 0.29) is 23.1 Å². The first-order chi connectivity index (χ1) is 16.4. The van der Waals surface area contributed by atoms with E-state index in [0.29, 0.717) is 29.1 Å². The van der Waals surface area contributed by atoms with Gasteiger partial charge in [0.25, 0.3) is 5.91 Å². The number of nitrogen functional groups attached to an aromatic ring is 1. The van der Waals surface area contributed by atoms with Gasteiger partial charge in [-0.25, -0.2) is 14.4 Å². The van der Waals surface area contributed by atoms with Crippen LogP contribution in [0.3, 0.4) is 0 Å². The fraction of sp³-hybridized carbons (Fsp3) is 0.0417. The minimum atomic E-state index is -0.614. The molecule has 0 aliphatic rings. The maximum absolute atomic E-state index is 13.5. The maximum atomic E-state index is 13.5. The van der Waals surface area contributed by atoms with E-state index in [0.717, 1.165) is 5.56 Å². The molecule has 0 atom stereocenters. The standard InChI is InChI=1S/C24H18FN7O2/c1-15(10-26)23(33)31-19-6-3-7-20(9-19)34-24-21(22(27)28-14-29-24)17-11-30-32(13-17)12-16-4-2-5-18(25)8-16/h2-9,11,13-14H,1,12H2,(H,31,33)(H2,27,28,29). The molecule has 4 aromatic rings. The number of hydrogen-bond donors (Lipinski definition) is 2. The molecular weight excluding hydrogens is 437 g/mol. The molecule has 1 amide bonds. The van der Waals surface area contributed by atoms with Gasteiger partial charge in [-0.05, 0) is 29.8 Å². The number of ether oxygens (including phenoxy) is 1. The third-order valence-electron chi connectivity index (χ3n) is 4.71. The number of rotatable bonds is 7. The summed E-state index contributed by atoms with van der Waals surface area (Å²) in [7, 11) is 0. The molecular formula is C24H18FN7O2. The molecule has 0 unspecified atom stereocenters. The van der Waals surface area contributed by atoms with Crippen LogP contribution < -0.4 is 15.8 Å².